The van der Waals surface area contributed by atoms with E-state index >= 15 is 0 Å². The SMILES string of the molecule is CCn1c2ccccc2c2cc(NC(=O)OC3CC(=O)N(CCc4cccs4)C3)ccc21. The van der Waals surface area contributed by atoms with E-state index in [0.29, 0.717) is 18.8 Å². The van der Waals surface area contributed by atoms with Gasteiger partial charge in [-0.1, -0.05) is 24.3 Å². The number of nitrogens with one attached hydrogen (secondary N) is 1. The summed E-state index contributed by atoms with van der Waals surface area (Å²) in [4.78, 5) is 27.9. The third-order valence-electron chi connectivity index (χ3n) is 6.00. The van der Waals surface area contributed by atoms with Gasteiger partial charge in [-0.25, -0.2) is 4.79 Å². The van der Waals surface area contributed by atoms with Crippen LogP contribution >= 0.6 is 11.3 Å². The molecule has 6 nitrogen and oxygen atoms in total. The zero-order chi connectivity index (χ0) is 22.1. The summed E-state index contributed by atoms with van der Waals surface area (Å²) in [5.74, 6) is 0.0353. The molecule has 0 saturated carbocycles. The van der Waals surface area contributed by atoms with E-state index in [1.54, 1.807) is 16.2 Å². The van der Waals surface area contributed by atoms with Gasteiger partial charge in [-0.2, -0.15) is 0 Å². The predicted molar refractivity (Wildman–Crippen MR) is 128 cm³/mol. The average Bonchev–Trinajstić information content (AvgIpc) is 3.50. The number of ether oxygens (including phenoxy) is 1. The zero-order valence-electron chi connectivity index (χ0n) is 17.9. The lowest BCUT2D eigenvalue weighted by Gasteiger charge is -2.16. The highest BCUT2D eigenvalue weighted by molar-refractivity contribution is 7.09. The van der Waals surface area contributed by atoms with Gasteiger partial charge >= 0.3 is 6.09 Å². The van der Waals surface area contributed by atoms with Crippen molar-refractivity contribution >= 4 is 50.8 Å². The van der Waals surface area contributed by atoms with Crippen molar-refractivity contribution in [2.75, 3.05) is 18.4 Å². The molecule has 0 spiro atoms. The highest BCUT2D eigenvalue weighted by Crippen LogP contribution is 2.31. The first-order chi connectivity index (χ1) is 15.6. The second-order valence-corrected chi connectivity index (χ2v) is 9.05. The van der Waals surface area contributed by atoms with Gasteiger partial charge in [0, 0.05) is 45.5 Å². The minimum absolute atomic E-state index is 0.0353. The molecular weight excluding hydrogens is 422 g/mol. The van der Waals surface area contributed by atoms with Crippen molar-refractivity contribution < 1.29 is 14.3 Å². The van der Waals surface area contributed by atoms with E-state index < -0.39 is 12.2 Å². The molecule has 3 heterocycles. The van der Waals surface area contributed by atoms with Crippen LogP contribution in [-0.2, 0) is 22.5 Å². The van der Waals surface area contributed by atoms with E-state index in [2.05, 4.69) is 35.0 Å². The van der Waals surface area contributed by atoms with E-state index in [1.165, 1.54) is 10.4 Å². The lowest BCUT2D eigenvalue weighted by atomic mass is 10.1. The summed E-state index contributed by atoms with van der Waals surface area (Å²) >= 11 is 1.69. The maximum Gasteiger partial charge on any atom is 0.411 e. The van der Waals surface area contributed by atoms with Crippen LogP contribution in [0.2, 0.25) is 0 Å². The largest absolute Gasteiger partial charge is 0.444 e. The molecule has 1 saturated heterocycles. The van der Waals surface area contributed by atoms with Crippen LogP contribution in [0, 0.1) is 0 Å². The Morgan fingerprint density at radius 1 is 1.12 bits per heavy atom. The van der Waals surface area contributed by atoms with Gasteiger partial charge in [-0.05, 0) is 49.1 Å². The van der Waals surface area contributed by atoms with Gasteiger partial charge in [0.15, 0.2) is 0 Å². The van der Waals surface area contributed by atoms with Crippen molar-refractivity contribution in [2.45, 2.75) is 32.4 Å². The maximum atomic E-state index is 12.5. The third kappa shape index (κ3) is 3.96. The van der Waals surface area contributed by atoms with Crippen LogP contribution in [0.5, 0.6) is 0 Å². The molecule has 7 heteroatoms. The van der Waals surface area contributed by atoms with Crippen LogP contribution in [0.1, 0.15) is 18.2 Å². The number of para-hydroxylation sites is 1. The molecule has 4 aromatic rings. The molecule has 1 N–H and O–H groups in total. The van der Waals surface area contributed by atoms with Gasteiger partial charge in [-0.15, -0.1) is 11.3 Å². The van der Waals surface area contributed by atoms with Gasteiger partial charge in [-0.3, -0.25) is 10.1 Å². The first-order valence-corrected chi connectivity index (χ1v) is 11.8. The Hall–Kier alpha value is -3.32. The molecule has 2 aromatic heterocycles. The second kappa shape index (κ2) is 8.67. The van der Waals surface area contributed by atoms with E-state index in [1.807, 2.05) is 41.8 Å². The Kier molecular flexibility index (Phi) is 5.57. The number of aryl methyl sites for hydroxylation is 1. The lowest BCUT2D eigenvalue weighted by Crippen LogP contribution is -2.29. The number of hydrogen-bond donors (Lipinski definition) is 1. The van der Waals surface area contributed by atoms with Crippen molar-refractivity contribution in [3.05, 3.63) is 64.9 Å². The van der Waals surface area contributed by atoms with Gasteiger partial charge in [0.05, 0.1) is 13.0 Å². The Balaban J connectivity index is 1.24. The summed E-state index contributed by atoms with van der Waals surface area (Å²) in [5.41, 5.74) is 2.99. The molecule has 1 aliphatic rings. The maximum absolute atomic E-state index is 12.5. The van der Waals surface area contributed by atoms with Crippen LogP contribution in [0.25, 0.3) is 21.8 Å². The third-order valence-corrected chi connectivity index (χ3v) is 6.93. The fourth-order valence-corrected chi connectivity index (χ4v) is 5.20. The van der Waals surface area contributed by atoms with Crippen LogP contribution < -0.4 is 5.32 Å². The topological polar surface area (TPSA) is 63.6 Å². The number of aromatic nitrogens is 1. The normalized spacial score (nSPS) is 16.2. The van der Waals surface area contributed by atoms with Gasteiger partial charge < -0.3 is 14.2 Å². The highest BCUT2D eigenvalue weighted by Gasteiger charge is 2.32. The Labute approximate surface area is 190 Å². The van der Waals surface area contributed by atoms with Crippen molar-refractivity contribution in [1.29, 1.82) is 0 Å². The van der Waals surface area contributed by atoms with Crippen LogP contribution in [0.3, 0.4) is 0 Å². The molecule has 164 valence electrons. The number of thiophene rings is 1. The number of rotatable bonds is 6. The number of nitrogens with zero attached hydrogens (tertiary/aromatic N) is 2. The molecule has 32 heavy (non-hydrogen) atoms. The van der Waals surface area contributed by atoms with E-state index in [9.17, 15) is 9.59 Å². The second-order valence-electron chi connectivity index (χ2n) is 8.02. The molecule has 0 bridgehead atoms. The molecule has 5 rings (SSSR count). The average molecular weight is 448 g/mol. The number of benzene rings is 2. The highest BCUT2D eigenvalue weighted by atomic mass is 32.1. The van der Waals surface area contributed by atoms with E-state index in [0.717, 1.165) is 29.3 Å². The number of amides is 2. The number of hydrogen-bond acceptors (Lipinski definition) is 4. The molecule has 2 aromatic carbocycles. The van der Waals surface area contributed by atoms with Crippen LogP contribution in [-0.4, -0.2) is 40.7 Å². The van der Waals surface area contributed by atoms with Crippen molar-refractivity contribution in [3.63, 3.8) is 0 Å². The molecule has 0 aliphatic carbocycles. The molecule has 0 radical (unpaired) electrons. The fraction of sp³-hybridized carbons (Fsp3) is 0.280. The Morgan fingerprint density at radius 3 is 2.78 bits per heavy atom. The number of fused-ring (bicyclic) bond motifs is 3. The summed E-state index contributed by atoms with van der Waals surface area (Å²) in [6, 6.07) is 18.3. The number of likely N-dealkylation sites (tertiary alicyclic amines) is 1. The lowest BCUT2D eigenvalue weighted by molar-refractivity contribution is -0.127. The number of carbonyl (C=O) groups excluding carboxylic acids is 2. The van der Waals surface area contributed by atoms with Crippen molar-refractivity contribution in [2.24, 2.45) is 0 Å². The van der Waals surface area contributed by atoms with E-state index in [4.69, 9.17) is 4.74 Å². The quantitative estimate of drug-likeness (QED) is 0.438. The monoisotopic (exact) mass is 447 g/mol. The number of carbonyl (C=O) groups is 2. The summed E-state index contributed by atoms with van der Waals surface area (Å²) < 4.78 is 7.83. The molecule has 1 aliphatic heterocycles. The first kappa shape index (κ1) is 20.6. The first-order valence-electron chi connectivity index (χ1n) is 10.9. The molecule has 2 amide bonds. The van der Waals surface area contributed by atoms with Crippen LogP contribution in [0.4, 0.5) is 10.5 Å². The fourth-order valence-electron chi connectivity index (χ4n) is 4.50. The van der Waals surface area contributed by atoms with Crippen molar-refractivity contribution in [1.82, 2.24) is 9.47 Å². The Morgan fingerprint density at radius 2 is 1.97 bits per heavy atom. The summed E-state index contributed by atoms with van der Waals surface area (Å²) in [6.45, 7) is 4.10. The summed E-state index contributed by atoms with van der Waals surface area (Å²) in [5, 5.41) is 7.13. The minimum Gasteiger partial charge on any atom is -0.444 e. The molecule has 1 atom stereocenters. The van der Waals surface area contributed by atoms with E-state index in [-0.39, 0.29) is 12.3 Å². The number of anilines is 1. The summed E-state index contributed by atoms with van der Waals surface area (Å²) in [6.07, 6.45) is 0.118. The van der Waals surface area contributed by atoms with Crippen LogP contribution in [0.15, 0.2) is 60.0 Å². The van der Waals surface area contributed by atoms with Gasteiger partial charge in [0.2, 0.25) is 5.91 Å². The van der Waals surface area contributed by atoms with Gasteiger partial charge in [0.25, 0.3) is 0 Å². The molecular formula is C25H25N3O3S. The molecule has 1 unspecified atom stereocenters. The smallest absolute Gasteiger partial charge is 0.411 e. The zero-order valence-corrected chi connectivity index (χ0v) is 18.7. The summed E-state index contributed by atoms with van der Waals surface area (Å²) in [7, 11) is 0. The minimum atomic E-state index is -0.526. The van der Waals surface area contributed by atoms with Gasteiger partial charge in [0.1, 0.15) is 6.10 Å². The molecule has 1 fully saturated rings. The standard InChI is InChI=1S/C25H25N3O3S/c1-2-28-22-8-4-3-7-20(22)21-14-17(9-10-23(21)28)26-25(30)31-18-15-24(29)27(16-18)12-11-19-6-5-13-32-19/h3-10,13-14,18H,2,11-12,15-16H2,1H3,(H,26,30). The van der Waals surface area contributed by atoms with Crippen molar-refractivity contribution in [3.8, 4) is 0 Å². The Bertz CT molecular complexity index is 1280. The predicted octanol–water partition coefficient (Wildman–Crippen LogP) is 5.27.